The molecule has 154 valence electrons. The van der Waals surface area contributed by atoms with Crippen molar-refractivity contribution in [1.29, 1.82) is 0 Å². The van der Waals surface area contributed by atoms with E-state index in [9.17, 15) is 4.79 Å². The molecule has 0 saturated carbocycles. The number of hydrogen-bond acceptors (Lipinski definition) is 5. The maximum atomic E-state index is 12.0. The van der Waals surface area contributed by atoms with E-state index in [1.807, 2.05) is 55.5 Å². The minimum Gasteiger partial charge on any atom is -0.496 e. The Labute approximate surface area is 170 Å². The van der Waals surface area contributed by atoms with Crippen molar-refractivity contribution in [2.75, 3.05) is 52.8 Å². The summed E-state index contributed by atoms with van der Waals surface area (Å²) in [5.74, 6) is 1.26. The van der Waals surface area contributed by atoms with Crippen LogP contribution in [0.3, 0.4) is 0 Å². The van der Waals surface area contributed by atoms with Gasteiger partial charge in [-0.3, -0.25) is 5.32 Å². The zero-order valence-electron chi connectivity index (χ0n) is 17.0. The number of carbonyl (C=O) groups excluding carboxylic acids is 1. The molecule has 8 nitrogen and oxygen atoms in total. The normalized spacial score (nSPS) is 11.0. The molecular formula is C21H27N5O3. The van der Waals surface area contributed by atoms with Crippen molar-refractivity contribution in [2.45, 2.75) is 0 Å². The largest absolute Gasteiger partial charge is 0.496 e. The highest BCUT2D eigenvalue weighted by molar-refractivity contribution is 5.97. The van der Waals surface area contributed by atoms with Gasteiger partial charge in [-0.2, -0.15) is 0 Å². The second-order valence-electron chi connectivity index (χ2n) is 6.79. The second kappa shape index (κ2) is 9.90. The van der Waals surface area contributed by atoms with Crippen molar-refractivity contribution in [3.8, 4) is 16.9 Å². The molecule has 0 fully saturated rings. The van der Waals surface area contributed by atoms with Crippen LogP contribution in [0.5, 0.6) is 5.75 Å². The first-order valence-corrected chi connectivity index (χ1v) is 9.47. The molecule has 0 aliphatic rings. The van der Waals surface area contributed by atoms with Crippen LogP contribution in [0.1, 0.15) is 0 Å². The minimum atomic E-state index is -0.315. The predicted octanol–water partition coefficient (Wildman–Crippen LogP) is 2.94. The van der Waals surface area contributed by atoms with Crippen LogP contribution >= 0.6 is 0 Å². The minimum absolute atomic E-state index is 0.315. The van der Waals surface area contributed by atoms with Gasteiger partial charge in [0.05, 0.1) is 20.3 Å². The first kappa shape index (κ1) is 20.6. The van der Waals surface area contributed by atoms with Crippen molar-refractivity contribution >= 4 is 22.9 Å². The SMILES string of the molecule is COc1ccccc1-c1c[nH]c2nc(NC(=O)NCCOCCN(C)C)ccc12. The number of hydrogen-bond donors (Lipinski definition) is 3. The van der Waals surface area contributed by atoms with E-state index in [0.29, 0.717) is 31.2 Å². The Bertz CT molecular complexity index is 954. The number of amides is 2. The number of nitrogens with one attached hydrogen (secondary N) is 3. The molecule has 1 aromatic carbocycles. The summed E-state index contributed by atoms with van der Waals surface area (Å²) in [5, 5.41) is 6.46. The second-order valence-corrected chi connectivity index (χ2v) is 6.79. The molecule has 0 spiro atoms. The van der Waals surface area contributed by atoms with E-state index in [1.165, 1.54) is 0 Å². The molecular weight excluding hydrogens is 370 g/mol. The molecule has 0 saturated heterocycles. The molecule has 29 heavy (non-hydrogen) atoms. The van der Waals surface area contributed by atoms with Crippen LogP contribution in [0.25, 0.3) is 22.2 Å². The van der Waals surface area contributed by atoms with E-state index in [0.717, 1.165) is 28.8 Å². The van der Waals surface area contributed by atoms with Gasteiger partial charge in [0.15, 0.2) is 0 Å². The van der Waals surface area contributed by atoms with Gasteiger partial charge in [-0.25, -0.2) is 9.78 Å². The first-order valence-electron chi connectivity index (χ1n) is 9.47. The lowest BCUT2D eigenvalue weighted by atomic mass is 10.0. The number of aromatic amines is 1. The molecule has 0 atom stereocenters. The van der Waals surface area contributed by atoms with Crippen molar-refractivity contribution in [1.82, 2.24) is 20.2 Å². The smallest absolute Gasteiger partial charge is 0.320 e. The van der Waals surface area contributed by atoms with Gasteiger partial charge in [0.2, 0.25) is 0 Å². The lowest BCUT2D eigenvalue weighted by molar-refractivity contribution is 0.120. The van der Waals surface area contributed by atoms with Gasteiger partial charge < -0.3 is 24.7 Å². The van der Waals surface area contributed by atoms with Gasteiger partial charge in [-0.15, -0.1) is 0 Å². The van der Waals surface area contributed by atoms with Gasteiger partial charge in [-0.05, 0) is 32.3 Å². The average Bonchev–Trinajstić information content (AvgIpc) is 3.13. The third-order valence-corrected chi connectivity index (χ3v) is 4.39. The summed E-state index contributed by atoms with van der Waals surface area (Å²) in [6.45, 7) is 2.38. The van der Waals surface area contributed by atoms with Crippen LogP contribution in [0, 0.1) is 0 Å². The van der Waals surface area contributed by atoms with Gasteiger partial charge in [0.25, 0.3) is 0 Å². The van der Waals surface area contributed by atoms with Crippen LogP contribution in [0.4, 0.5) is 10.6 Å². The highest BCUT2D eigenvalue weighted by Gasteiger charge is 2.12. The van der Waals surface area contributed by atoms with E-state index in [2.05, 4.69) is 20.6 Å². The maximum absolute atomic E-state index is 12.0. The summed E-state index contributed by atoms with van der Waals surface area (Å²) in [7, 11) is 5.63. The average molecular weight is 397 g/mol. The van der Waals surface area contributed by atoms with E-state index in [1.54, 1.807) is 13.2 Å². The third kappa shape index (κ3) is 5.46. The number of carbonyl (C=O) groups is 1. The Morgan fingerprint density at radius 3 is 2.76 bits per heavy atom. The van der Waals surface area contributed by atoms with E-state index < -0.39 is 0 Å². The quantitative estimate of drug-likeness (QED) is 0.483. The Kier molecular flexibility index (Phi) is 7.04. The standard InChI is InChI=1S/C21H27N5O3/c1-26(2)11-13-29-12-10-22-21(27)25-19-9-8-16-17(14-23-20(16)24-19)15-6-4-5-7-18(15)28-3/h4-9,14H,10-13H2,1-3H3,(H3,22,23,24,25,27). The molecule has 2 aromatic heterocycles. The lowest BCUT2D eigenvalue weighted by Gasteiger charge is -2.10. The number of nitrogens with zero attached hydrogens (tertiary/aromatic N) is 2. The number of para-hydroxylation sites is 1. The molecule has 3 N–H and O–H groups in total. The highest BCUT2D eigenvalue weighted by atomic mass is 16.5. The first-order chi connectivity index (χ1) is 14.1. The monoisotopic (exact) mass is 397 g/mol. The molecule has 3 rings (SSSR count). The summed E-state index contributed by atoms with van der Waals surface area (Å²) in [4.78, 5) is 21.7. The molecule has 2 amide bonds. The molecule has 0 bridgehead atoms. The highest BCUT2D eigenvalue weighted by Crippen LogP contribution is 2.34. The van der Waals surface area contributed by atoms with Crippen molar-refractivity contribution in [3.05, 3.63) is 42.6 Å². The number of aromatic nitrogens is 2. The number of urea groups is 1. The van der Waals surface area contributed by atoms with Gasteiger partial charge in [-0.1, -0.05) is 18.2 Å². The summed E-state index contributed by atoms with van der Waals surface area (Å²) in [6, 6.07) is 11.2. The number of ether oxygens (including phenoxy) is 2. The number of rotatable bonds is 9. The topological polar surface area (TPSA) is 91.5 Å². The zero-order chi connectivity index (χ0) is 20.6. The van der Waals surface area contributed by atoms with E-state index >= 15 is 0 Å². The van der Waals surface area contributed by atoms with Crippen molar-refractivity contribution < 1.29 is 14.3 Å². The lowest BCUT2D eigenvalue weighted by Crippen LogP contribution is -2.32. The Morgan fingerprint density at radius 1 is 1.14 bits per heavy atom. The van der Waals surface area contributed by atoms with Crippen LogP contribution in [0.15, 0.2) is 42.6 Å². The van der Waals surface area contributed by atoms with Crippen LogP contribution in [-0.2, 0) is 4.74 Å². The maximum Gasteiger partial charge on any atom is 0.320 e. The molecule has 3 aromatic rings. The number of fused-ring (bicyclic) bond motifs is 1. The zero-order valence-corrected chi connectivity index (χ0v) is 17.0. The number of H-pyrrole nitrogens is 1. The van der Waals surface area contributed by atoms with Gasteiger partial charge in [0.1, 0.15) is 17.2 Å². The fraction of sp³-hybridized carbons (Fsp3) is 0.333. The molecule has 8 heteroatoms. The Morgan fingerprint density at radius 2 is 1.97 bits per heavy atom. The molecule has 0 unspecified atom stereocenters. The number of pyridine rings is 1. The van der Waals surface area contributed by atoms with Crippen molar-refractivity contribution in [2.24, 2.45) is 0 Å². The van der Waals surface area contributed by atoms with Crippen LogP contribution < -0.4 is 15.4 Å². The fourth-order valence-electron chi connectivity index (χ4n) is 2.91. The number of benzene rings is 1. The van der Waals surface area contributed by atoms with Gasteiger partial charge in [0, 0.05) is 35.8 Å². The summed E-state index contributed by atoms with van der Waals surface area (Å²) in [5.41, 5.74) is 2.67. The summed E-state index contributed by atoms with van der Waals surface area (Å²) < 4.78 is 10.9. The Hall–Kier alpha value is -3.10. The van der Waals surface area contributed by atoms with E-state index in [4.69, 9.17) is 9.47 Å². The summed E-state index contributed by atoms with van der Waals surface area (Å²) >= 11 is 0. The van der Waals surface area contributed by atoms with E-state index in [-0.39, 0.29) is 6.03 Å². The van der Waals surface area contributed by atoms with Crippen LogP contribution in [0.2, 0.25) is 0 Å². The molecule has 2 heterocycles. The molecule has 0 aliphatic carbocycles. The summed E-state index contributed by atoms with van der Waals surface area (Å²) in [6.07, 6.45) is 1.89. The number of likely N-dealkylation sites (N-methyl/N-ethyl adjacent to an activating group) is 1. The molecule has 0 aliphatic heterocycles. The Balaban J connectivity index is 1.59. The third-order valence-electron chi connectivity index (χ3n) is 4.39. The fourth-order valence-corrected chi connectivity index (χ4v) is 2.91. The number of methoxy groups -OCH3 is 1. The number of anilines is 1. The predicted molar refractivity (Wildman–Crippen MR) is 114 cm³/mol. The van der Waals surface area contributed by atoms with Gasteiger partial charge >= 0.3 is 6.03 Å². The van der Waals surface area contributed by atoms with Crippen molar-refractivity contribution in [3.63, 3.8) is 0 Å². The van der Waals surface area contributed by atoms with Crippen LogP contribution in [-0.4, -0.2) is 68.4 Å². The molecule has 0 radical (unpaired) electrons.